The zero-order valence-corrected chi connectivity index (χ0v) is 28.3. The Hall–Kier alpha value is 0.540. The monoisotopic (exact) mass is 603 g/mol. The fraction of sp³-hybridized carbons (Fsp3) is 1.00. The standard InChI is InChI=1S/C35H57NO3S2/c1-20-8-11-28-23(4)29(40-18-30-34(28)25(20)13-15-32(5,36-30)19-37-34)12-9-24-17-31-35-26(14-16-33(6,41-31)38-39-35)21(2)7-10-27(35)22(24)3/h20-31,36H,7-19H2,1-6H3/t20-,21-,22+,23-,24+,25+,26+,27+,28+,29-,30+,31+,32+,33+,34-,35-/m1/s1. The molecule has 3 saturated carbocycles. The van der Waals surface area contributed by atoms with Crippen molar-refractivity contribution in [3.8, 4) is 0 Å². The minimum absolute atomic E-state index is 0.0437. The van der Waals surface area contributed by atoms with Crippen LogP contribution in [0.25, 0.3) is 0 Å². The van der Waals surface area contributed by atoms with E-state index in [4.69, 9.17) is 14.5 Å². The lowest BCUT2D eigenvalue weighted by Crippen LogP contribution is -2.71. The van der Waals surface area contributed by atoms with Crippen molar-refractivity contribution in [3.05, 3.63) is 0 Å². The molecule has 0 aromatic rings. The van der Waals surface area contributed by atoms with Crippen LogP contribution in [0.4, 0.5) is 0 Å². The topological polar surface area (TPSA) is 39.7 Å². The molecule has 2 spiro atoms. The van der Waals surface area contributed by atoms with Crippen LogP contribution in [0.5, 0.6) is 0 Å². The van der Waals surface area contributed by atoms with E-state index in [0.29, 0.717) is 29.0 Å². The van der Waals surface area contributed by atoms with Crippen molar-refractivity contribution in [2.75, 3.05) is 12.4 Å². The molecule has 0 aromatic heterocycles. The second kappa shape index (κ2) is 10.0. The first-order valence-corrected chi connectivity index (χ1v) is 19.6. The van der Waals surface area contributed by atoms with Crippen molar-refractivity contribution in [1.29, 1.82) is 0 Å². The molecular weight excluding hydrogens is 547 g/mol. The lowest BCUT2D eigenvalue weighted by Gasteiger charge is -2.61. The van der Waals surface area contributed by atoms with Crippen molar-refractivity contribution in [3.63, 3.8) is 0 Å². The van der Waals surface area contributed by atoms with Crippen LogP contribution in [0.15, 0.2) is 0 Å². The number of nitrogens with one attached hydrogen (secondary N) is 1. The third kappa shape index (κ3) is 4.14. The largest absolute Gasteiger partial charge is 0.371 e. The molecule has 10 fully saturated rings. The molecule has 0 unspecified atom stereocenters. The van der Waals surface area contributed by atoms with Gasteiger partial charge in [0, 0.05) is 27.8 Å². The Morgan fingerprint density at radius 2 is 1.46 bits per heavy atom. The quantitative estimate of drug-likeness (QED) is 0.329. The third-order valence-electron chi connectivity index (χ3n) is 14.9. The van der Waals surface area contributed by atoms with Gasteiger partial charge >= 0.3 is 0 Å². The molecular formula is C35H57NO3S2. The molecule has 6 heteroatoms. The summed E-state index contributed by atoms with van der Waals surface area (Å²) in [5, 5.41) is 5.59. The minimum Gasteiger partial charge on any atom is -0.371 e. The van der Waals surface area contributed by atoms with Gasteiger partial charge in [-0.15, -0.1) is 11.8 Å². The van der Waals surface area contributed by atoms with Gasteiger partial charge in [-0.1, -0.05) is 27.7 Å². The molecule has 4 nitrogen and oxygen atoms in total. The molecule has 0 radical (unpaired) electrons. The van der Waals surface area contributed by atoms with Crippen molar-refractivity contribution in [2.45, 2.75) is 150 Å². The summed E-state index contributed by atoms with van der Waals surface area (Å²) in [5.74, 6) is 7.81. The average molecular weight is 604 g/mol. The number of thioether (sulfide) groups is 2. The number of hydrogen-bond acceptors (Lipinski definition) is 6. The van der Waals surface area contributed by atoms with Crippen LogP contribution in [0.1, 0.15) is 112 Å². The van der Waals surface area contributed by atoms with Gasteiger partial charge in [0.1, 0.15) is 10.5 Å². The van der Waals surface area contributed by atoms with Crippen LogP contribution >= 0.6 is 23.5 Å². The van der Waals surface area contributed by atoms with E-state index in [1.165, 1.54) is 70.0 Å². The first-order chi connectivity index (χ1) is 19.6. The lowest BCUT2D eigenvalue weighted by atomic mass is 9.52. The van der Waals surface area contributed by atoms with Gasteiger partial charge in [-0.3, -0.25) is 0 Å². The van der Waals surface area contributed by atoms with Gasteiger partial charge in [-0.25, -0.2) is 9.78 Å². The maximum absolute atomic E-state index is 7.20. The highest BCUT2D eigenvalue weighted by Gasteiger charge is 2.68. The first kappa shape index (κ1) is 29.0. The van der Waals surface area contributed by atoms with Crippen molar-refractivity contribution in [2.24, 2.45) is 53.3 Å². The summed E-state index contributed by atoms with van der Waals surface area (Å²) in [6, 6.07) is 0.518. The summed E-state index contributed by atoms with van der Waals surface area (Å²) in [4.78, 5) is 12.8. The maximum Gasteiger partial charge on any atom is 0.146 e. The number of fused-ring (bicyclic) bond motifs is 4. The third-order valence-corrected chi connectivity index (χ3v) is 18.1. The highest BCUT2D eigenvalue weighted by atomic mass is 32.2. The van der Waals surface area contributed by atoms with Crippen LogP contribution in [0.3, 0.4) is 0 Å². The number of ether oxygens (including phenoxy) is 1. The molecule has 7 aliphatic heterocycles. The average Bonchev–Trinajstić information content (AvgIpc) is 3.36. The molecule has 7 saturated heterocycles. The van der Waals surface area contributed by atoms with Crippen molar-refractivity contribution < 1.29 is 14.5 Å². The van der Waals surface area contributed by atoms with Gasteiger partial charge in [0.2, 0.25) is 0 Å². The maximum atomic E-state index is 7.20. The van der Waals surface area contributed by atoms with E-state index in [0.717, 1.165) is 53.8 Å². The van der Waals surface area contributed by atoms with Gasteiger partial charge in [-0.2, -0.15) is 11.8 Å². The summed E-state index contributed by atoms with van der Waals surface area (Å²) in [6.45, 7) is 15.9. The van der Waals surface area contributed by atoms with Crippen molar-refractivity contribution >= 4 is 23.5 Å². The Morgan fingerprint density at radius 1 is 0.756 bits per heavy atom. The zero-order chi connectivity index (χ0) is 28.4. The van der Waals surface area contributed by atoms with E-state index in [1.54, 1.807) is 0 Å². The summed E-state index contributed by atoms with van der Waals surface area (Å²) in [7, 11) is 0. The van der Waals surface area contributed by atoms with E-state index in [2.05, 4.69) is 70.4 Å². The van der Waals surface area contributed by atoms with E-state index in [9.17, 15) is 0 Å². The van der Waals surface area contributed by atoms with Gasteiger partial charge in [0.25, 0.3) is 0 Å². The van der Waals surface area contributed by atoms with E-state index in [-0.39, 0.29) is 21.7 Å². The van der Waals surface area contributed by atoms with Crippen LogP contribution in [0.2, 0.25) is 0 Å². The fourth-order valence-electron chi connectivity index (χ4n) is 12.6. The highest BCUT2D eigenvalue weighted by molar-refractivity contribution is 8.01. The van der Waals surface area contributed by atoms with E-state index < -0.39 is 0 Å². The minimum atomic E-state index is -0.153. The van der Waals surface area contributed by atoms with Crippen LogP contribution in [0, 0.1) is 53.3 Å². The summed E-state index contributed by atoms with van der Waals surface area (Å²) >= 11 is 4.49. The van der Waals surface area contributed by atoms with Gasteiger partial charge < -0.3 is 10.1 Å². The molecule has 232 valence electrons. The Labute approximate surface area is 258 Å². The molecule has 3 aliphatic carbocycles. The van der Waals surface area contributed by atoms with Gasteiger partial charge in [0.05, 0.1) is 12.2 Å². The van der Waals surface area contributed by atoms with Gasteiger partial charge in [0.15, 0.2) is 0 Å². The molecule has 10 rings (SSSR count). The summed E-state index contributed by atoms with van der Waals surface area (Å²) < 4.78 is 7.20. The normalized spacial score (nSPS) is 61.3. The highest BCUT2D eigenvalue weighted by Crippen LogP contribution is 2.66. The van der Waals surface area contributed by atoms with Crippen LogP contribution in [-0.4, -0.2) is 50.6 Å². The molecule has 1 N–H and O–H groups in total. The molecule has 0 amide bonds. The number of hydrogen-bond donors (Lipinski definition) is 1. The Kier molecular flexibility index (Phi) is 7.08. The predicted molar refractivity (Wildman–Crippen MR) is 170 cm³/mol. The van der Waals surface area contributed by atoms with Crippen molar-refractivity contribution in [1.82, 2.24) is 5.32 Å². The number of rotatable bonds is 3. The second-order valence-electron chi connectivity index (χ2n) is 16.9. The van der Waals surface area contributed by atoms with Gasteiger partial charge in [-0.05, 0) is 138 Å². The number of morpholine rings is 1. The molecule has 16 atom stereocenters. The molecule has 7 heterocycles. The fourth-order valence-corrected chi connectivity index (χ4v) is 16.0. The molecule has 10 aliphatic rings. The Bertz CT molecular complexity index is 1030. The molecule has 41 heavy (non-hydrogen) atoms. The molecule has 0 aromatic carbocycles. The summed E-state index contributed by atoms with van der Waals surface area (Å²) in [6.07, 6.45) is 14.6. The van der Waals surface area contributed by atoms with Crippen LogP contribution in [-0.2, 0) is 14.5 Å². The Balaban J connectivity index is 1.03. The lowest BCUT2D eigenvalue weighted by molar-refractivity contribution is -0.424. The Morgan fingerprint density at radius 3 is 2.24 bits per heavy atom. The van der Waals surface area contributed by atoms with Crippen LogP contribution < -0.4 is 5.32 Å². The van der Waals surface area contributed by atoms with E-state index >= 15 is 0 Å². The van der Waals surface area contributed by atoms with E-state index in [1.807, 2.05) is 0 Å². The smallest absolute Gasteiger partial charge is 0.146 e. The predicted octanol–water partition coefficient (Wildman–Crippen LogP) is 8.09. The molecule has 4 bridgehead atoms. The summed E-state index contributed by atoms with van der Waals surface area (Å²) in [5.41, 5.74) is 0.191. The zero-order valence-electron chi connectivity index (χ0n) is 26.7. The second-order valence-corrected chi connectivity index (χ2v) is 19.9. The SMILES string of the molecule is C[C@H]1[C@@H](CC[C@H]2C[C@@H]3S[C@@]4(C)CC[C@H]5[C@H](C)CC[C@@H]([C@H]2C)[C@@]35OO4)SC[C@@H]2N[C@@]3(C)CC[C@H]4[C@H](C)CC[C@@H]1[C@@]24OC3. The first-order valence-electron chi connectivity index (χ1n) is 17.7.